The van der Waals surface area contributed by atoms with Crippen molar-refractivity contribution >= 4 is 59.7 Å². The summed E-state index contributed by atoms with van der Waals surface area (Å²) in [5, 5.41) is 8.76. The number of alkyl halides is 3. The standard InChI is InChI=1S/C14H23Br3O5/c1-5-13(4,11(20)21-7-6-18)8-12(2,3)10(19)22-9-14(15,16)17/h18H,5-9H2,1-4H3. The average molecular weight is 511 g/mol. The Morgan fingerprint density at radius 2 is 1.59 bits per heavy atom. The molecule has 1 unspecified atom stereocenters. The van der Waals surface area contributed by atoms with Gasteiger partial charge in [0.1, 0.15) is 13.2 Å². The van der Waals surface area contributed by atoms with Crippen LogP contribution in [0, 0.1) is 10.8 Å². The van der Waals surface area contributed by atoms with Crippen molar-refractivity contribution in [3.63, 3.8) is 0 Å². The molecule has 0 fully saturated rings. The quantitative estimate of drug-likeness (QED) is 0.398. The highest BCUT2D eigenvalue weighted by Gasteiger charge is 2.43. The lowest BCUT2D eigenvalue weighted by Crippen LogP contribution is -2.39. The number of aliphatic hydroxyl groups excluding tert-OH is 1. The smallest absolute Gasteiger partial charge is 0.311 e. The van der Waals surface area contributed by atoms with E-state index in [1.807, 2.05) is 6.92 Å². The van der Waals surface area contributed by atoms with Gasteiger partial charge in [0.05, 0.1) is 17.4 Å². The van der Waals surface area contributed by atoms with Crippen molar-refractivity contribution in [1.29, 1.82) is 0 Å². The molecule has 1 atom stereocenters. The number of esters is 2. The van der Waals surface area contributed by atoms with Gasteiger partial charge in [0.2, 0.25) is 0 Å². The van der Waals surface area contributed by atoms with Crippen molar-refractivity contribution in [3.05, 3.63) is 0 Å². The lowest BCUT2D eigenvalue weighted by atomic mass is 9.72. The van der Waals surface area contributed by atoms with Gasteiger partial charge in [-0.05, 0) is 33.6 Å². The van der Waals surface area contributed by atoms with Crippen molar-refractivity contribution in [2.24, 2.45) is 10.8 Å². The van der Waals surface area contributed by atoms with Crippen LogP contribution < -0.4 is 0 Å². The topological polar surface area (TPSA) is 72.8 Å². The number of hydrogen-bond acceptors (Lipinski definition) is 5. The maximum Gasteiger partial charge on any atom is 0.311 e. The van der Waals surface area contributed by atoms with Crippen LogP contribution in [0.4, 0.5) is 0 Å². The van der Waals surface area contributed by atoms with Crippen molar-refractivity contribution in [3.8, 4) is 0 Å². The molecule has 0 bridgehead atoms. The summed E-state index contributed by atoms with van der Waals surface area (Å²) in [6.07, 6.45) is 0.812. The summed E-state index contributed by atoms with van der Waals surface area (Å²) in [7, 11) is 0. The van der Waals surface area contributed by atoms with Crippen molar-refractivity contribution in [1.82, 2.24) is 0 Å². The molecule has 22 heavy (non-hydrogen) atoms. The number of carbonyl (C=O) groups is 2. The van der Waals surface area contributed by atoms with Crippen molar-refractivity contribution in [2.75, 3.05) is 19.8 Å². The Morgan fingerprint density at radius 1 is 1.05 bits per heavy atom. The molecule has 0 saturated carbocycles. The highest BCUT2D eigenvalue weighted by atomic mass is 80.0. The number of rotatable bonds is 8. The fourth-order valence-corrected chi connectivity index (χ4v) is 2.39. The predicted molar refractivity (Wildman–Crippen MR) is 95.3 cm³/mol. The highest BCUT2D eigenvalue weighted by Crippen LogP contribution is 2.39. The van der Waals surface area contributed by atoms with E-state index in [9.17, 15) is 9.59 Å². The predicted octanol–water partition coefficient (Wildman–Crippen LogP) is 3.74. The second-order valence-corrected chi connectivity index (χ2v) is 13.3. The lowest BCUT2D eigenvalue weighted by Gasteiger charge is -2.33. The first-order valence-corrected chi connectivity index (χ1v) is 9.28. The van der Waals surface area contributed by atoms with Gasteiger partial charge < -0.3 is 14.6 Å². The lowest BCUT2D eigenvalue weighted by molar-refractivity contribution is -0.163. The fraction of sp³-hybridized carbons (Fsp3) is 0.857. The SMILES string of the molecule is CCC(C)(CC(C)(C)C(=O)OCC(Br)(Br)Br)C(=O)OCCO. The van der Waals surface area contributed by atoms with Gasteiger partial charge in [0, 0.05) is 0 Å². The molecule has 5 nitrogen and oxygen atoms in total. The zero-order valence-corrected chi connectivity index (χ0v) is 18.0. The number of hydrogen-bond donors (Lipinski definition) is 1. The number of aliphatic hydroxyl groups is 1. The van der Waals surface area contributed by atoms with Gasteiger partial charge >= 0.3 is 11.9 Å². The molecule has 130 valence electrons. The first kappa shape index (κ1) is 22.3. The fourth-order valence-electron chi connectivity index (χ4n) is 2.04. The summed E-state index contributed by atoms with van der Waals surface area (Å²) in [6.45, 7) is 6.92. The van der Waals surface area contributed by atoms with Gasteiger partial charge in [0.15, 0.2) is 2.14 Å². The van der Waals surface area contributed by atoms with Crippen LogP contribution >= 0.6 is 47.8 Å². The largest absolute Gasteiger partial charge is 0.463 e. The van der Waals surface area contributed by atoms with Gasteiger partial charge in [0.25, 0.3) is 0 Å². The van der Waals surface area contributed by atoms with E-state index in [-0.39, 0.29) is 19.8 Å². The molecule has 1 N–H and O–H groups in total. The van der Waals surface area contributed by atoms with Crippen LogP contribution in [0.1, 0.15) is 40.5 Å². The first-order valence-electron chi connectivity index (χ1n) is 6.90. The van der Waals surface area contributed by atoms with E-state index in [0.717, 1.165) is 0 Å². The highest BCUT2D eigenvalue weighted by molar-refractivity contribution is 9.39. The van der Waals surface area contributed by atoms with E-state index in [0.29, 0.717) is 12.8 Å². The molecule has 0 aromatic heterocycles. The van der Waals surface area contributed by atoms with Gasteiger partial charge in [-0.25, -0.2) is 0 Å². The summed E-state index contributed by atoms with van der Waals surface area (Å²) in [5.74, 6) is -0.814. The van der Waals surface area contributed by atoms with Gasteiger partial charge in [-0.3, -0.25) is 9.59 Å². The molecule has 0 aliphatic rings. The minimum atomic E-state index is -0.846. The summed E-state index contributed by atoms with van der Waals surface area (Å²) >= 11 is 9.78. The number of ether oxygens (including phenoxy) is 2. The monoisotopic (exact) mass is 508 g/mol. The number of carbonyl (C=O) groups excluding carboxylic acids is 2. The second-order valence-electron chi connectivity index (χ2n) is 6.03. The minimum Gasteiger partial charge on any atom is -0.463 e. The summed E-state index contributed by atoms with van der Waals surface area (Å²) in [4.78, 5) is 24.4. The Hall–Kier alpha value is 0.340. The zero-order chi connectivity index (χ0) is 17.6. The zero-order valence-electron chi connectivity index (χ0n) is 13.2. The third-order valence-corrected chi connectivity index (χ3v) is 4.04. The molecule has 0 aromatic rings. The Labute approximate surface area is 156 Å². The Bertz CT molecular complexity index is 392. The van der Waals surface area contributed by atoms with E-state index in [1.54, 1.807) is 20.8 Å². The Balaban J connectivity index is 4.89. The van der Waals surface area contributed by atoms with Crippen LogP contribution in [0.3, 0.4) is 0 Å². The first-order chi connectivity index (χ1) is 9.88. The molecule has 0 radical (unpaired) electrons. The van der Waals surface area contributed by atoms with E-state index in [1.165, 1.54) is 0 Å². The third-order valence-electron chi connectivity index (χ3n) is 3.35. The second kappa shape index (κ2) is 8.99. The molecular formula is C14H23Br3O5. The minimum absolute atomic E-state index is 0.0431. The maximum absolute atomic E-state index is 12.3. The van der Waals surface area contributed by atoms with Gasteiger partial charge in [-0.15, -0.1) is 0 Å². The van der Waals surface area contributed by atoms with Crippen LogP contribution in [0.15, 0.2) is 0 Å². The van der Waals surface area contributed by atoms with E-state index < -0.39 is 24.9 Å². The van der Waals surface area contributed by atoms with Crippen molar-refractivity contribution in [2.45, 2.75) is 42.7 Å². The van der Waals surface area contributed by atoms with Gasteiger partial charge in [-0.2, -0.15) is 0 Å². The van der Waals surface area contributed by atoms with Crippen LogP contribution in [-0.2, 0) is 19.1 Å². The molecule has 0 rings (SSSR count). The molecule has 0 amide bonds. The van der Waals surface area contributed by atoms with Gasteiger partial charge in [-0.1, -0.05) is 54.7 Å². The van der Waals surface area contributed by atoms with Crippen LogP contribution in [0.2, 0.25) is 0 Å². The van der Waals surface area contributed by atoms with Crippen LogP contribution in [0.25, 0.3) is 0 Å². The molecule has 8 heteroatoms. The van der Waals surface area contributed by atoms with E-state index in [4.69, 9.17) is 14.6 Å². The molecule has 0 aliphatic heterocycles. The van der Waals surface area contributed by atoms with Crippen molar-refractivity contribution < 1.29 is 24.2 Å². The Kier molecular flexibility index (Phi) is 9.13. The summed E-state index contributed by atoms with van der Waals surface area (Å²) < 4.78 is 9.61. The molecule has 0 aliphatic carbocycles. The van der Waals surface area contributed by atoms with E-state index in [2.05, 4.69) is 47.8 Å². The maximum atomic E-state index is 12.3. The normalized spacial score (nSPS) is 15.1. The molecule has 0 heterocycles. The van der Waals surface area contributed by atoms with Crippen LogP contribution in [0.5, 0.6) is 0 Å². The molecule has 0 spiro atoms. The number of halogens is 3. The molecule has 0 saturated heterocycles. The van der Waals surface area contributed by atoms with E-state index >= 15 is 0 Å². The average Bonchev–Trinajstić information content (AvgIpc) is 2.40. The Morgan fingerprint density at radius 3 is 2.00 bits per heavy atom. The molecule has 0 aromatic carbocycles. The summed E-state index contributed by atoms with van der Waals surface area (Å²) in [6, 6.07) is 0. The van der Waals surface area contributed by atoms with Crippen LogP contribution in [-0.4, -0.2) is 39.0 Å². The summed E-state index contributed by atoms with van der Waals surface area (Å²) in [5.41, 5.74) is -1.66. The third kappa shape index (κ3) is 7.75. The molecular weight excluding hydrogens is 488 g/mol.